The van der Waals surface area contributed by atoms with Crippen LogP contribution >= 0.6 is 0 Å². The van der Waals surface area contributed by atoms with Gasteiger partial charge in [-0.15, -0.1) is 0 Å². The fraction of sp³-hybridized carbons (Fsp3) is 0.0233. The van der Waals surface area contributed by atoms with Crippen LogP contribution in [0, 0.1) is 0 Å². The number of para-hydroxylation sites is 1. The predicted molar refractivity (Wildman–Crippen MR) is 199 cm³/mol. The van der Waals surface area contributed by atoms with Crippen molar-refractivity contribution >= 4 is 44.2 Å². The van der Waals surface area contributed by atoms with E-state index < -0.39 is 0 Å². The van der Waals surface area contributed by atoms with Crippen molar-refractivity contribution < 1.29 is 9.47 Å². The molecule has 9 rings (SSSR count). The molecule has 0 amide bonds. The van der Waals surface area contributed by atoms with Gasteiger partial charge in [-0.1, -0.05) is 103 Å². The van der Waals surface area contributed by atoms with Crippen LogP contribution in [0.15, 0.2) is 168 Å². The Morgan fingerprint density at radius 3 is 1.98 bits per heavy atom. The number of nitrogens with two attached hydrogens (primary N) is 1. The number of fused-ring (bicyclic) bond motifs is 7. The van der Waals surface area contributed by atoms with E-state index in [9.17, 15) is 0 Å². The Morgan fingerprint density at radius 1 is 0.571 bits per heavy atom. The molecule has 49 heavy (non-hydrogen) atoms. The van der Waals surface area contributed by atoms with Gasteiger partial charge >= 0.3 is 0 Å². The van der Waals surface area contributed by atoms with Gasteiger partial charge in [-0.25, -0.2) is 4.99 Å². The Balaban J connectivity index is 1.12. The first-order valence-electron chi connectivity index (χ1n) is 16.2. The highest BCUT2D eigenvalue weighted by Crippen LogP contribution is 2.51. The van der Waals surface area contributed by atoms with Gasteiger partial charge in [0, 0.05) is 27.6 Å². The van der Waals surface area contributed by atoms with Crippen LogP contribution in [0.25, 0.3) is 38.3 Å². The zero-order chi connectivity index (χ0) is 32.7. The lowest BCUT2D eigenvalue weighted by molar-refractivity contribution is 0.363. The lowest BCUT2D eigenvalue weighted by Gasteiger charge is -2.23. The van der Waals surface area contributed by atoms with Crippen molar-refractivity contribution in [1.29, 1.82) is 0 Å². The molecule has 6 heteroatoms. The van der Waals surface area contributed by atoms with E-state index in [4.69, 9.17) is 25.2 Å². The third kappa shape index (κ3) is 5.16. The average Bonchev–Trinajstić information content (AvgIpc) is 3.50. The van der Waals surface area contributed by atoms with Gasteiger partial charge in [0.25, 0.3) is 0 Å². The van der Waals surface area contributed by atoms with Crippen molar-refractivity contribution in [3.63, 3.8) is 0 Å². The summed E-state index contributed by atoms with van der Waals surface area (Å²) < 4.78 is 15.4. The van der Waals surface area contributed by atoms with Crippen LogP contribution in [-0.4, -0.2) is 16.2 Å². The van der Waals surface area contributed by atoms with E-state index in [1.165, 1.54) is 0 Å². The topological polar surface area (TPSA) is 74.1 Å². The maximum absolute atomic E-state index is 6.70. The largest absolute Gasteiger partial charge is 0.449 e. The van der Waals surface area contributed by atoms with Gasteiger partial charge in [-0.3, -0.25) is 4.99 Å². The minimum atomic E-state index is 0.391. The summed E-state index contributed by atoms with van der Waals surface area (Å²) in [6.45, 7) is 0.505. The van der Waals surface area contributed by atoms with Gasteiger partial charge in [0.05, 0.1) is 12.1 Å². The first-order chi connectivity index (χ1) is 24.2. The smallest absolute Gasteiger partial charge is 0.194 e. The zero-order valence-electron chi connectivity index (χ0n) is 26.5. The number of rotatable bonds is 5. The second-order valence-electron chi connectivity index (χ2n) is 12.0. The normalized spacial score (nSPS) is 12.8. The average molecular weight is 635 g/mol. The number of aliphatic imine (C=N–C) groups is 2. The van der Waals surface area contributed by atoms with E-state index in [0.717, 1.165) is 55.0 Å². The van der Waals surface area contributed by atoms with Crippen molar-refractivity contribution in [1.82, 2.24) is 4.57 Å². The fourth-order valence-electron chi connectivity index (χ4n) is 6.53. The van der Waals surface area contributed by atoms with Gasteiger partial charge in [-0.2, -0.15) is 0 Å². The number of ether oxygens (including phenoxy) is 2. The Bertz CT molecular complexity index is 2570. The summed E-state index contributed by atoms with van der Waals surface area (Å²) in [5, 5.41) is 4.40. The molecule has 7 aromatic carbocycles. The number of nitrogens with zero attached hydrogens (tertiary/aromatic N) is 3. The molecule has 1 aliphatic rings. The molecule has 1 aliphatic heterocycles. The molecule has 1 aromatic heterocycles. The molecule has 0 saturated heterocycles. The van der Waals surface area contributed by atoms with Crippen molar-refractivity contribution in [3.8, 4) is 28.7 Å². The van der Waals surface area contributed by atoms with Crippen LogP contribution in [-0.2, 0) is 6.54 Å². The van der Waals surface area contributed by atoms with Crippen LogP contribution in [0.1, 0.15) is 16.7 Å². The standard InChI is InChI=1S/C43H30N4O2/c44-42(46-43(30-13-5-2-6-14-30)45-27-28-11-3-1-4-12-28)29-19-21-33(22-20-29)47-36-18-10-9-17-34(36)35-23-24-37-41(40(35)47)49-39-26-32-16-8-7-15-31(32)25-38(39)48-37/h1-26H,27H2,(H2,44,45,46). The highest BCUT2D eigenvalue weighted by Gasteiger charge is 2.26. The Kier molecular flexibility index (Phi) is 6.91. The van der Waals surface area contributed by atoms with E-state index in [0.29, 0.717) is 41.2 Å². The molecule has 0 fully saturated rings. The fourth-order valence-corrected chi connectivity index (χ4v) is 6.53. The van der Waals surface area contributed by atoms with Gasteiger partial charge in [-0.05, 0) is 70.9 Å². The van der Waals surface area contributed by atoms with Gasteiger partial charge in [0.2, 0.25) is 0 Å². The Labute approximate surface area is 283 Å². The van der Waals surface area contributed by atoms with Gasteiger partial charge < -0.3 is 19.8 Å². The summed E-state index contributed by atoms with van der Waals surface area (Å²) in [7, 11) is 0. The van der Waals surface area contributed by atoms with E-state index in [1.54, 1.807) is 0 Å². The number of hydrogen-bond donors (Lipinski definition) is 1. The zero-order valence-corrected chi connectivity index (χ0v) is 26.5. The number of benzene rings is 7. The van der Waals surface area contributed by atoms with E-state index >= 15 is 0 Å². The van der Waals surface area contributed by atoms with E-state index in [-0.39, 0.29) is 0 Å². The molecule has 0 bridgehead atoms. The van der Waals surface area contributed by atoms with Crippen molar-refractivity contribution in [2.75, 3.05) is 0 Å². The van der Waals surface area contributed by atoms with Crippen LogP contribution < -0.4 is 15.2 Å². The SMILES string of the molecule is N/C(=N\C(=N/Cc1ccccc1)c1ccccc1)c1ccc(-n2c3ccccc3c3ccc4c(c32)Oc2cc3ccccc3cc2O4)cc1. The minimum Gasteiger partial charge on any atom is -0.449 e. The lowest BCUT2D eigenvalue weighted by Crippen LogP contribution is -2.16. The predicted octanol–water partition coefficient (Wildman–Crippen LogP) is 10.2. The van der Waals surface area contributed by atoms with E-state index in [2.05, 4.69) is 71.3 Å². The molecule has 234 valence electrons. The highest BCUT2D eigenvalue weighted by molar-refractivity contribution is 6.13. The monoisotopic (exact) mass is 634 g/mol. The molecule has 0 saturated carbocycles. The minimum absolute atomic E-state index is 0.391. The second kappa shape index (κ2) is 11.9. The molecule has 0 unspecified atom stereocenters. The lowest BCUT2D eigenvalue weighted by atomic mass is 10.1. The molecule has 2 heterocycles. The summed E-state index contributed by atoms with van der Waals surface area (Å²) in [6, 6.07) is 53.0. The van der Waals surface area contributed by atoms with Crippen LogP contribution in [0.5, 0.6) is 23.0 Å². The molecule has 0 atom stereocenters. The summed E-state index contributed by atoms with van der Waals surface area (Å²) in [5.41, 5.74) is 12.4. The molecule has 0 aliphatic carbocycles. The van der Waals surface area contributed by atoms with Gasteiger partial charge in [0.1, 0.15) is 11.4 Å². The maximum atomic E-state index is 6.70. The summed E-state index contributed by atoms with van der Waals surface area (Å²) in [5.74, 6) is 3.74. The first kappa shape index (κ1) is 28.6. The summed E-state index contributed by atoms with van der Waals surface area (Å²) in [4.78, 5) is 9.68. The number of hydrogen-bond acceptors (Lipinski definition) is 3. The number of aromatic nitrogens is 1. The van der Waals surface area contributed by atoms with Crippen LogP contribution in [0.3, 0.4) is 0 Å². The van der Waals surface area contributed by atoms with Crippen molar-refractivity contribution in [2.24, 2.45) is 15.7 Å². The van der Waals surface area contributed by atoms with Crippen LogP contribution in [0.4, 0.5) is 0 Å². The molecule has 0 radical (unpaired) electrons. The second-order valence-corrected chi connectivity index (χ2v) is 12.0. The molecular formula is C43H30N4O2. The molecule has 0 spiro atoms. The quantitative estimate of drug-likeness (QED) is 0.151. The van der Waals surface area contributed by atoms with Crippen molar-refractivity contribution in [3.05, 3.63) is 174 Å². The van der Waals surface area contributed by atoms with E-state index in [1.807, 2.05) is 91.0 Å². The van der Waals surface area contributed by atoms with Crippen molar-refractivity contribution in [2.45, 2.75) is 6.54 Å². The first-order valence-corrected chi connectivity index (χ1v) is 16.2. The third-order valence-electron chi connectivity index (χ3n) is 8.93. The molecular weight excluding hydrogens is 604 g/mol. The highest BCUT2D eigenvalue weighted by atomic mass is 16.6. The molecule has 2 N–H and O–H groups in total. The Hall–Kier alpha value is -6.66. The number of amidine groups is 2. The van der Waals surface area contributed by atoms with Gasteiger partial charge in [0.15, 0.2) is 28.8 Å². The Morgan fingerprint density at radius 2 is 1.22 bits per heavy atom. The van der Waals surface area contributed by atoms with Crippen LogP contribution in [0.2, 0.25) is 0 Å². The molecule has 6 nitrogen and oxygen atoms in total. The summed E-state index contributed by atoms with van der Waals surface area (Å²) in [6.07, 6.45) is 0. The molecule has 8 aromatic rings. The summed E-state index contributed by atoms with van der Waals surface area (Å²) >= 11 is 0. The maximum Gasteiger partial charge on any atom is 0.194 e. The third-order valence-corrected chi connectivity index (χ3v) is 8.93.